The van der Waals surface area contributed by atoms with E-state index in [-0.39, 0.29) is 6.61 Å². The van der Waals surface area contributed by atoms with Gasteiger partial charge < -0.3 is 15.3 Å². The molecule has 0 spiro atoms. The number of hydrogen-bond donors (Lipinski definition) is 2. The number of nitrogens with one attached hydrogen (secondary N) is 1. The molecule has 2 N–H and O–H groups in total. The number of fused-ring (bicyclic) bond motifs is 1. The van der Waals surface area contributed by atoms with Crippen LogP contribution in [0.1, 0.15) is 19.3 Å². The van der Waals surface area contributed by atoms with Crippen LogP contribution in [0.5, 0.6) is 0 Å². The molecule has 2 fully saturated rings. The third-order valence-electron chi connectivity index (χ3n) is 4.31. The predicted octanol–water partition coefficient (Wildman–Crippen LogP) is 2.02. The van der Waals surface area contributed by atoms with Gasteiger partial charge in [-0.25, -0.2) is 9.97 Å². The minimum absolute atomic E-state index is 0.253. The van der Waals surface area contributed by atoms with Gasteiger partial charge >= 0.3 is 0 Å². The summed E-state index contributed by atoms with van der Waals surface area (Å²) in [6, 6.07) is 8.55. The van der Waals surface area contributed by atoms with E-state index < -0.39 is 0 Å². The Morgan fingerprint density at radius 2 is 1.90 bits per heavy atom. The number of hydrogen-bond acceptors (Lipinski definition) is 5. The number of nitrogens with zero attached hydrogens (tertiary/aromatic N) is 3. The number of aliphatic hydroxyl groups is 1. The molecule has 2 aromatic rings. The van der Waals surface area contributed by atoms with Crippen LogP contribution in [0.4, 0.5) is 11.6 Å². The molecule has 0 bridgehead atoms. The van der Waals surface area contributed by atoms with Crippen molar-refractivity contribution in [1.29, 1.82) is 0 Å². The smallest absolute Gasteiger partial charge is 0.172 e. The quantitative estimate of drug-likeness (QED) is 0.899. The van der Waals surface area contributed by atoms with Gasteiger partial charge in [0.25, 0.3) is 0 Å². The fourth-order valence-electron chi connectivity index (χ4n) is 2.90. The lowest BCUT2D eigenvalue weighted by atomic mass is 10.1. The number of benzene rings is 1. The SMILES string of the molecule is OC[C@@H]1CCN(c2nc3ccccc3nc2NC2CC2)C1. The largest absolute Gasteiger partial charge is 0.396 e. The molecular formula is C16H20N4O. The van der Waals surface area contributed by atoms with Crippen molar-refractivity contribution in [2.75, 3.05) is 29.9 Å². The Bertz CT molecular complexity index is 656. The molecule has 5 heteroatoms. The maximum absolute atomic E-state index is 9.35. The minimum Gasteiger partial charge on any atom is -0.396 e. The Labute approximate surface area is 124 Å². The molecule has 1 saturated carbocycles. The molecule has 0 unspecified atom stereocenters. The second-order valence-electron chi connectivity index (χ2n) is 6.09. The van der Waals surface area contributed by atoms with E-state index in [9.17, 15) is 5.11 Å². The molecule has 2 heterocycles. The summed E-state index contributed by atoms with van der Waals surface area (Å²) in [6.45, 7) is 2.06. The summed E-state index contributed by atoms with van der Waals surface area (Å²) in [7, 11) is 0. The van der Waals surface area contributed by atoms with Gasteiger partial charge in [-0.3, -0.25) is 0 Å². The number of para-hydroxylation sites is 2. The maximum Gasteiger partial charge on any atom is 0.172 e. The van der Waals surface area contributed by atoms with E-state index in [0.29, 0.717) is 12.0 Å². The van der Waals surface area contributed by atoms with Crippen LogP contribution < -0.4 is 10.2 Å². The van der Waals surface area contributed by atoms with E-state index in [1.807, 2.05) is 24.3 Å². The van der Waals surface area contributed by atoms with Crippen LogP contribution in [-0.4, -0.2) is 40.8 Å². The van der Waals surface area contributed by atoms with Gasteiger partial charge in [-0.15, -0.1) is 0 Å². The van der Waals surface area contributed by atoms with Crippen LogP contribution in [0.3, 0.4) is 0 Å². The highest BCUT2D eigenvalue weighted by atomic mass is 16.3. The molecule has 4 rings (SSSR count). The summed E-state index contributed by atoms with van der Waals surface area (Å²) >= 11 is 0. The fourth-order valence-corrected chi connectivity index (χ4v) is 2.90. The van der Waals surface area contributed by atoms with Crippen molar-refractivity contribution < 1.29 is 5.11 Å². The zero-order valence-electron chi connectivity index (χ0n) is 12.0. The van der Waals surface area contributed by atoms with Crippen molar-refractivity contribution in [3.63, 3.8) is 0 Å². The van der Waals surface area contributed by atoms with Crippen molar-refractivity contribution in [2.45, 2.75) is 25.3 Å². The molecule has 1 aliphatic heterocycles. The zero-order chi connectivity index (χ0) is 14.2. The van der Waals surface area contributed by atoms with E-state index in [4.69, 9.17) is 9.97 Å². The number of aliphatic hydroxyl groups excluding tert-OH is 1. The van der Waals surface area contributed by atoms with E-state index >= 15 is 0 Å². The molecule has 5 nitrogen and oxygen atoms in total. The van der Waals surface area contributed by atoms with Crippen LogP contribution in [0, 0.1) is 5.92 Å². The molecule has 0 amide bonds. The summed E-state index contributed by atoms with van der Waals surface area (Å²) in [5.74, 6) is 2.19. The Morgan fingerprint density at radius 1 is 1.14 bits per heavy atom. The van der Waals surface area contributed by atoms with Crippen LogP contribution >= 0.6 is 0 Å². The van der Waals surface area contributed by atoms with E-state index in [1.54, 1.807) is 0 Å². The lowest BCUT2D eigenvalue weighted by molar-refractivity contribution is 0.238. The van der Waals surface area contributed by atoms with Gasteiger partial charge in [0.05, 0.1) is 11.0 Å². The maximum atomic E-state index is 9.35. The van der Waals surface area contributed by atoms with E-state index in [2.05, 4.69) is 10.2 Å². The normalized spacial score (nSPS) is 22.0. The van der Waals surface area contributed by atoms with Crippen molar-refractivity contribution in [3.8, 4) is 0 Å². The molecule has 1 saturated heterocycles. The van der Waals surface area contributed by atoms with Crippen molar-refractivity contribution >= 4 is 22.7 Å². The Kier molecular flexibility index (Phi) is 3.15. The third kappa shape index (κ3) is 2.53. The highest BCUT2D eigenvalue weighted by Gasteiger charge is 2.28. The lowest BCUT2D eigenvalue weighted by Crippen LogP contribution is -2.24. The average Bonchev–Trinajstić information content (AvgIpc) is 3.20. The zero-order valence-corrected chi connectivity index (χ0v) is 12.0. The van der Waals surface area contributed by atoms with Gasteiger partial charge in [0.15, 0.2) is 11.6 Å². The number of anilines is 2. The number of rotatable bonds is 4. The first kappa shape index (κ1) is 12.8. The first-order valence-corrected chi connectivity index (χ1v) is 7.72. The number of aromatic nitrogens is 2. The molecule has 1 atom stereocenters. The highest BCUT2D eigenvalue weighted by Crippen LogP contribution is 2.33. The second-order valence-corrected chi connectivity index (χ2v) is 6.09. The van der Waals surface area contributed by atoms with Gasteiger partial charge in [-0.1, -0.05) is 12.1 Å². The van der Waals surface area contributed by atoms with Gasteiger partial charge in [0.2, 0.25) is 0 Å². The molecular weight excluding hydrogens is 264 g/mol. The molecule has 1 aliphatic carbocycles. The summed E-state index contributed by atoms with van der Waals surface area (Å²) in [6.07, 6.45) is 3.45. The third-order valence-corrected chi connectivity index (χ3v) is 4.31. The molecule has 110 valence electrons. The Hall–Kier alpha value is -1.88. The minimum atomic E-state index is 0.253. The van der Waals surface area contributed by atoms with E-state index in [0.717, 1.165) is 42.2 Å². The van der Waals surface area contributed by atoms with Crippen LogP contribution in [0.2, 0.25) is 0 Å². The first-order valence-electron chi connectivity index (χ1n) is 7.72. The molecule has 1 aromatic heterocycles. The summed E-state index contributed by atoms with van der Waals surface area (Å²) in [5, 5.41) is 12.9. The van der Waals surface area contributed by atoms with Gasteiger partial charge in [-0.2, -0.15) is 0 Å². The van der Waals surface area contributed by atoms with E-state index in [1.165, 1.54) is 12.8 Å². The van der Waals surface area contributed by atoms with Gasteiger partial charge in [-0.05, 0) is 31.4 Å². The monoisotopic (exact) mass is 284 g/mol. The molecule has 21 heavy (non-hydrogen) atoms. The molecule has 1 aromatic carbocycles. The summed E-state index contributed by atoms with van der Waals surface area (Å²) in [5.41, 5.74) is 1.86. The second kappa shape index (κ2) is 5.15. The molecule has 0 radical (unpaired) electrons. The van der Waals surface area contributed by atoms with Gasteiger partial charge in [0.1, 0.15) is 0 Å². The van der Waals surface area contributed by atoms with Crippen LogP contribution in [0.25, 0.3) is 11.0 Å². The first-order chi connectivity index (χ1) is 10.3. The van der Waals surface area contributed by atoms with Gasteiger partial charge in [0, 0.05) is 31.7 Å². The fraction of sp³-hybridized carbons (Fsp3) is 0.500. The lowest BCUT2D eigenvalue weighted by Gasteiger charge is -2.21. The van der Waals surface area contributed by atoms with Crippen LogP contribution in [0.15, 0.2) is 24.3 Å². The standard InChI is InChI=1S/C16H20N4O/c21-10-11-7-8-20(9-11)16-15(17-12-5-6-12)18-13-3-1-2-4-14(13)19-16/h1-4,11-12,21H,5-10H2,(H,17,18)/t11-/m1/s1. The summed E-state index contributed by atoms with van der Waals surface area (Å²) in [4.78, 5) is 11.9. The summed E-state index contributed by atoms with van der Waals surface area (Å²) < 4.78 is 0. The molecule has 2 aliphatic rings. The van der Waals surface area contributed by atoms with Crippen molar-refractivity contribution in [3.05, 3.63) is 24.3 Å². The Balaban J connectivity index is 1.73. The average molecular weight is 284 g/mol. The van der Waals surface area contributed by atoms with Crippen molar-refractivity contribution in [2.24, 2.45) is 5.92 Å². The van der Waals surface area contributed by atoms with Crippen LogP contribution in [-0.2, 0) is 0 Å². The van der Waals surface area contributed by atoms with Crippen molar-refractivity contribution in [1.82, 2.24) is 9.97 Å². The predicted molar refractivity (Wildman–Crippen MR) is 83.6 cm³/mol. The highest BCUT2D eigenvalue weighted by molar-refractivity contribution is 5.80. The Morgan fingerprint density at radius 3 is 2.57 bits per heavy atom. The topological polar surface area (TPSA) is 61.3 Å².